The first kappa shape index (κ1) is 17.4. The number of ketones is 1. The molecule has 0 aliphatic rings. The number of hydrogen-bond donors (Lipinski definition) is 2. The molecule has 0 fully saturated rings. The number of hydrogen-bond acceptors (Lipinski definition) is 3. The van der Waals surface area contributed by atoms with E-state index in [9.17, 15) is 19.5 Å². The first-order chi connectivity index (χ1) is 11.3. The molecule has 2 aromatic rings. The van der Waals surface area contributed by atoms with Crippen molar-refractivity contribution in [1.82, 2.24) is 0 Å². The Morgan fingerprint density at radius 3 is 2.29 bits per heavy atom. The monoisotopic (exact) mass is 325 g/mol. The van der Waals surface area contributed by atoms with Crippen molar-refractivity contribution >= 4 is 23.3 Å². The highest BCUT2D eigenvalue weighted by Gasteiger charge is 2.37. The maximum absolute atomic E-state index is 12.3. The van der Waals surface area contributed by atoms with Gasteiger partial charge in [-0.2, -0.15) is 0 Å². The number of amides is 1. The minimum absolute atomic E-state index is 0.106. The van der Waals surface area contributed by atoms with E-state index >= 15 is 0 Å². The van der Waals surface area contributed by atoms with Crippen LogP contribution in [0.5, 0.6) is 0 Å². The molecule has 0 aliphatic carbocycles. The third-order valence-electron chi connectivity index (χ3n) is 3.95. The topological polar surface area (TPSA) is 83.5 Å². The summed E-state index contributed by atoms with van der Waals surface area (Å²) in [5, 5.41) is 12.3. The van der Waals surface area contributed by atoms with Crippen LogP contribution in [-0.4, -0.2) is 22.8 Å². The average Bonchev–Trinajstić information content (AvgIpc) is 2.55. The summed E-state index contributed by atoms with van der Waals surface area (Å²) in [7, 11) is 0. The standard InChI is InChI=1S/C19H19NO4/c1-13(21)14-7-6-10-16(11-14)20-17(22)12-19(2,18(23)24)15-8-4-3-5-9-15/h3-11H,12H2,1-2H3,(H,20,22)(H,23,24)/t19-/m1/s1. The molecule has 0 saturated carbocycles. The van der Waals surface area contributed by atoms with Crippen LogP contribution in [0.3, 0.4) is 0 Å². The van der Waals surface area contributed by atoms with Crippen molar-refractivity contribution in [3.8, 4) is 0 Å². The van der Waals surface area contributed by atoms with Crippen LogP contribution in [0.4, 0.5) is 5.69 Å². The fourth-order valence-electron chi connectivity index (χ4n) is 2.45. The molecule has 124 valence electrons. The van der Waals surface area contributed by atoms with Crippen LogP contribution in [0.15, 0.2) is 54.6 Å². The van der Waals surface area contributed by atoms with Crippen molar-refractivity contribution in [1.29, 1.82) is 0 Å². The number of rotatable bonds is 6. The normalized spacial score (nSPS) is 12.9. The molecule has 0 aromatic heterocycles. The van der Waals surface area contributed by atoms with E-state index < -0.39 is 17.3 Å². The molecule has 1 amide bonds. The molecule has 0 aliphatic heterocycles. The summed E-state index contributed by atoms with van der Waals surface area (Å²) in [5.41, 5.74) is 0.180. The molecule has 0 spiro atoms. The van der Waals surface area contributed by atoms with Gasteiger partial charge in [-0.15, -0.1) is 0 Å². The molecule has 2 rings (SSSR count). The lowest BCUT2D eigenvalue weighted by atomic mass is 9.79. The lowest BCUT2D eigenvalue weighted by Crippen LogP contribution is -2.36. The Morgan fingerprint density at radius 1 is 1.04 bits per heavy atom. The number of carboxylic acid groups (broad SMARTS) is 1. The van der Waals surface area contributed by atoms with Crippen molar-refractivity contribution < 1.29 is 19.5 Å². The second kappa shape index (κ2) is 7.08. The quantitative estimate of drug-likeness (QED) is 0.799. The Morgan fingerprint density at radius 2 is 1.71 bits per heavy atom. The number of nitrogens with one attached hydrogen (secondary N) is 1. The van der Waals surface area contributed by atoms with Gasteiger partial charge in [0.2, 0.25) is 5.91 Å². The van der Waals surface area contributed by atoms with Crippen molar-refractivity contribution in [3.63, 3.8) is 0 Å². The Kier molecular flexibility index (Phi) is 5.14. The zero-order valence-corrected chi connectivity index (χ0v) is 13.6. The van der Waals surface area contributed by atoms with Crippen LogP contribution in [0.1, 0.15) is 36.2 Å². The molecule has 0 saturated heterocycles. The largest absolute Gasteiger partial charge is 0.481 e. The van der Waals surface area contributed by atoms with Gasteiger partial charge in [0, 0.05) is 17.7 Å². The number of aliphatic carboxylic acids is 1. The van der Waals surface area contributed by atoms with Crippen molar-refractivity contribution in [3.05, 3.63) is 65.7 Å². The second-order valence-electron chi connectivity index (χ2n) is 5.87. The van der Waals surface area contributed by atoms with E-state index in [1.165, 1.54) is 13.8 Å². The predicted molar refractivity (Wildman–Crippen MR) is 91.1 cm³/mol. The summed E-state index contributed by atoms with van der Waals surface area (Å²) >= 11 is 0. The van der Waals surface area contributed by atoms with Gasteiger partial charge in [-0.25, -0.2) is 0 Å². The highest BCUT2D eigenvalue weighted by Crippen LogP contribution is 2.28. The summed E-state index contributed by atoms with van der Waals surface area (Å²) in [6.07, 6.45) is -0.212. The molecule has 5 heteroatoms. The molecule has 2 N–H and O–H groups in total. The van der Waals surface area contributed by atoms with E-state index in [-0.39, 0.29) is 12.2 Å². The average molecular weight is 325 g/mol. The van der Waals surface area contributed by atoms with Gasteiger partial charge < -0.3 is 10.4 Å². The molecular formula is C19H19NO4. The van der Waals surface area contributed by atoms with Crippen molar-refractivity contribution in [2.75, 3.05) is 5.32 Å². The van der Waals surface area contributed by atoms with Crippen LogP contribution in [0.25, 0.3) is 0 Å². The SMILES string of the molecule is CC(=O)c1cccc(NC(=O)C[C@@](C)(C(=O)O)c2ccccc2)c1. The van der Waals surface area contributed by atoms with E-state index in [4.69, 9.17) is 0 Å². The zero-order chi connectivity index (χ0) is 17.7. The van der Waals surface area contributed by atoms with E-state index in [0.29, 0.717) is 16.8 Å². The van der Waals surface area contributed by atoms with Gasteiger partial charge in [-0.3, -0.25) is 14.4 Å². The highest BCUT2D eigenvalue weighted by atomic mass is 16.4. The zero-order valence-electron chi connectivity index (χ0n) is 13.6. The number of anilines is 1. The fraction of sp³-hybridized carbons (Fsp3) is 0.211. The van der Waals surface area contributed by atoms with Gasteiger partial charge in [-0.1, -0.05) is 42.5 Å². The maximum atomic E-state index is 12.3. The van der Waals surface area contributed by atoms with Gasteiger partial charge in [0.1, 0.15) is 0 Å². The minimum Gasteiger partial charge on any atom is -0.481 e. The summed E-state index contributed by atoms with van der Waals surface area (Å²) in [5.74, 6) is -1.60. The van der Waals surface area contributed by atoms with Crippen LogP contribution in [0, 0.1) is 0 Å². The number of carboxylic acids is 1. The highest BCUT2D eigenvalue weighted by molar-refractivity contribution is 5.98. The minimum atomic E-state index is -1.33. The van der Waals surface area contributed by atoms with E-state index in [1.54, 1.807) is 54.6 Å². The van der Waals surface area contributed by atoms with E-state index in [1.807, 2.05) is 0 Å². The van der Waals surface area contributed by atoms with Crippen molar-refractivity contribution in [2.24, 2.45) is 0 Å². The van der Waals surface area contributed by atoms with Crippen LogP contribution in [-0.2, 0) is 15.0 Å². The maximum Gasteiger partial charge on any atom is 0.314 e. The Labute approximate surface area is 140 Å². The van der Waals surface area contributed by atoms with E-state index in [0.717, 1.165) is 0 Å². The molecule has 1 atom stereocenters. The molecule has 0 radical (unpaired) electrons. The first-order valence-electron chi connectivity index (χ1n) is 7.53. The molecule has 24 heavy (non-hydrogen) atoms. The Balaban J connectivity index is 2.19. The summed E-state index contributed by atoms with van der Waals surface area (Å²) < 4.78 is 0. The van der Waals surface area contributed by atoms with Crippen LogP contribution in [0.2, 0.25) is 0 Å². The number of benzene rings is 2. The number of carbonyl (C=O) groups excluding carboxylic acids is 2. The molecular weight excluding hydrogens is 306 g/mol. The molecule has 0 unspecified atom stereocenters. The smallest absolute Gasteiger partial charge is 0.314 e. The molecule has 0 heterocycles. The van der Waals surface area contributed by atoms with Gasteiger partial charge in [-0.05, 0) is 31.5 Å². The fourth-order valence-corrected chi connectivity index (χ4v) is 2.45. The third kappa shape index (κ3) is 3.87. The first-order valence-corrected chi connectivity index (χ1v) is 7.53. The van der Waals surface area contributed by atoms with Gasteiger partial charge >= 0.3 is 5.97 Å². The Bertz CT molecular complexity index is 770. The lowest BCUT2D eigenvalue weighted by Gasteiger charge is -2.24. The number of Topliss-reactive ketones (excluding diaryl/α,β-unsaturated/α-hetero) is 1. The van der Waals surface area contributed by atoms with Crippen molar-refractivity contribution in [2.45, 2.75) is 25.7 Å². The third-order valence-corrected chi connectivity index (χ3v) is 3.95. The number of carbonyl (C=O) groups is 3. The van der Waals surface area contributed by atoms with Crippen LogP contribution >= 0.6 is 0 Å². The summed E-state index contributed by atoms with van der Waals surface area (Å²) in [6, 6.07) is 15.2. The molecule has 0 bridgehead atoms. The molecule has 5 nitrogen and oxygen atoms in total. The molecule has 2 aromatic carbocycles. The summed E-state index contributed by atoms with van der Waals surface area (Å²) in [4.78, 5) is 35.5. The predicted octanol–water partition coefficient (Wildman–Crippen LogP) is 3.26. The van der Waals surface area contributed by atoms with Gasteiger partial charge in [0.25, 0.3) is 0 Å². The van der Waals surface area contributed by atoms with Gasteiger partial charge in [0.15, 0.2) is 5.78 Å². The summed E-state index contributed by atoms with van der Waals surface area (Å²) in [6.45, 7) is 2.97. The lowest BCUT2D eigenvalue weighted by molar-refractivity contribution is -0.145. The Hall–Kier alpha value is -2.95. The van der Waals surface area contributed by atoms with E-state index in [2.05, 4.69) is 5.32 Å². The van der Waals surface area contributed by atoms with Crippen LogP contribution < -0.4 is 5.32 Å². The second-order valence-corrected chi connectivity index (χ2v) is 5.87. The van der Waals surface area contributed by atoms with Gasteiger partial charge in [0.05, 0.1) is 5.41 Å².